The van der Waals surface area contributed by atoms with Crippen molar-refractivity contribution in [2.75, 3.05) is 26.3 Å². The van der Waals surface area contributed by atoms with Crippen LogP contribution in [0.2, 0.25) is 0 Å². The largest absolute Gasteiger partial charge is 0.229 e. The fourth-order valence-corrected chi connectivity index (χ4v) is 2.74. The predicted molar refractivity (Wildman–Crippen MR) is 76.5 cm³/mol. The van der Waals surface area contributed by atoms with Crippen LogP contribution < -0.4 is 0 Å². The van der Waals surface area contributed by atoms with E-state index < -0.39 is 17.0 Å². The lowest BCUT2D eigenvalue weighted by molar-refractivity contribution is 0.220. The Morgan fingerprint density at radius 2 is 1.82 bits per heavy atom. The van der Waals surface area contributed by atoms with E-state index in [1.807, 2.05) is 0 Å². The van der Waals surface area contributed by atoms with Crippen LogP contribution in [-0.4, -0.2) is 39.0 Å². The molecule has 1 aliphatic rings. The summed E-state index contributed by atoms with van der Waals surface area (Å²) in [6.45, 7) is 4.01. The number of nitrogens with zero attached hydrogens (tertiary/aromatic N) is 1. The van der Waals surface area contributed by atoms with Crippen molar-refractivity contribution in [1.29, 1.82) is 0 Å². The van der Waals surface area contributed by atoms with E-state index in [4.69, 9.17) is 0 Å². The number of sulfonamides is 1. The molecular formula is C10H22F2INO2S. The third-order valence-corrected chi connectivity index (χ3v) is 4.10. The van der Waals surface area contributed by atoms with Gasteiger partial charge >= 0.3 is 0 Å². The van der Waals surface area contributed by atoms with Crippen molar-refractivity contribution in [1.82, 2.24) is 4.31 Å². The standard InChI is InChI=1S/C9H19NO2S.CH2F2.HI/c1-8(2)9-5-4-6-10(7-9)13(3,11)12;2-1-3;/h8-9H,4-7H2,1-3H3;1H2;1H/t9-;;/m1../s1. The van der Waals surface area contributed by atoms with Gasteiger partial charge in [-0.25, -0.2) is 21.5 Å². The van der Waals surface area contributed by atoms with Gasteiger partial charge in [0.15, 0.2) is 0 Å². The zero-order chi connectivity index (χ0) is 12.8. The average molecular weight is 385 g/mol. The van der Waals surface area contributed by atoms with Crippen molar-refractivity contribution < 1.29 is 17.2 Å². The molecule has 0 spiro atoms. The van der Waals surface area contributed by atoms with Gasteiger partial charge in [-0.05, 0) is 24.7 Å². The molecule has 106 valence electrons. The van der Waals surface area contributed by atoms with Crippen molar-refractivity contribution in [3.8, 4) is 0 Å². The molecule has 1 rings (SSSR count). The Hall–Kier alpha value is 0.500. The summed E-state index contributed by atoms with van der Waals surface area (Å²) in [4.78, 5) is 0. The molecule has 17 heavy (non-hydrogen) atoms. The molecule has 1 fully saturated rings. The van der Waals surface area contributed by atoms with E-state index >= 15 is 0 Å². The molecule has 0 bridgehead atoms. The van der Waals surface area contributed by atoms with Gasteiger partial charge in [0.25, 0.3) is 0 Å². The zero-order valence-corrected chi connectivity index (χ0v) is 13.7. The van der Waals surface area contributed by atoms with Gasteiger partial charge in [-0.15, -0.1) is 24.0 Å². The fourth-order valence-electron chi connectivity index (χ4n) is 1.82. The Morgan fingerprint density at radius 3 is 2.18 bits per heavy atom. The summed E-state index contributed by atoms with van der Waals surface area (Å²) < 4.78 is 43.4. The summed E-state index contributed by atoms with van der Waals surface area (Å²) in [7, 11) is -2.96. The smallest absolute Gasteiger partial charge is 0.214 e. The lowest BCUT2D eigenvalue weighted by atomic mass is 9.89. The van der Waals surface area contributed by atoms with Crippen LogP contribution >= 0.6 is 24.0 Å². The van der Waals surface area contributed by atoms with Gasteiger partial charge in [0.1, 0.15) is 0 Å². The molecule has 1 heterocycles. The molecule has 3 nitrogen and oxygen atoms in total. The van der Waals surface area contributed by atoms with Crippen molar-refractivity contribution in [3.05, 3.63) is 0 Å². The maximum absolute atomic E-state index is 11.3. The Labute approximate surface area is 120 Å². The molecule has 0 aromatic carbocycles. The second kappa shape index (κ2) is 9.43. The molecule has 1 atom stereocenters. The maximum atomic E-state index is 11.3. The van der Waals surface area contributed by atoms with Crippen LogP contribution in [0, 0.1) is 11.8 Å². The van der Waals surface area contributed by atoms with E-state index in [0.29, 0.717) is 18.4 Å². The van der Waals surface area contributed by atoms with Crippen LogP contribution in [0.3, 0.4) is 0 Å². The van der Waals surface area contributed by atoms with E-state index in [1.165, 1.54) is 12.7 Å². The van der Waals surface area contributed by atoms with Crippen LogP contribution in [-0.2, 0) is 10.0 Å². The van der Waals surface area contributed by atoms with Crippen molar-refractivity contribution in [3.63, 3.8) is 0 Å². The van der Waals surface area contributed by atoms with Crippen LogP contribution in [0.15, 0.2) is 0 Å². The van der Waals surface area contributed by atoms with Gasteiger partial charge in [-0.1, -0.05) is 13.8 Å². The SMILES string of the molecule is CC(C)[C@@H]1CCCN(S(C)(=O)=O)C1.FCF.I. The van der Waals surface area contributed by atoms with E-state index in [9.17, 15) is 17.2 Å². The zero-order valence-electron chi connectivity index (χ0n) is 10.5. The first-order chi connectivity index (χ1) is 7.32. The Morgan fingerprint density at radius 1 is 1.35 bits per heavy atom. The van der Waals surface area contributed by atoms with Gasteiger partial charge in [0.2, 0.25) is 17.0 Å². The van der Waals surface area contributed by atoms with Crippen LogP contribution in [0.4, 0.5) is 8.78 Å². The number of halogens is 3. The van der Waals surface area contributed by atoms with Crippen molar-refractivity contribution in [2.24, 2.45) is 11.8 Å². The first kappa shape index (κ1) is 19.8. The Bertz CT molecular complexity index is 286. The van der Waals surface area contributed by atoms with E-state index in [1.54, 1.807) is 4.31 Å². The highest BCUT2D eigenvalue weighted by Crippen LogP contribution is 2.24. The summed E-state index contributed by atoms with van der Waals surface area (Å²) in [6, 6.07) is 0. The highest BCUT2D eigenvalue weighted by molar-refractivity contribution is 14.0. The van der Waals surface area contributed by atoms with Gasteiger partial charge < -0.3 is 0 Å². The van der Waals surface area contributed by atoms with Crippen LogP contribution in [0.1, 0.15) is 26.7 Å². The third kappa shape index (κ3) is 8.25. The van der Waals surface area contributed by atoms with Crippen molar-refractivity contribution >= 4 is 34.0 Å². The lowest BCUT2D eigenvalue weighted by Crippen LogP contribution is -2.40. The number of alkyl halides is 2. The maximum Gasteiger partial charge on any atom is 0.229 e. The topological polar surface area (TPSA) is 37.4 Å². The number of rotatable bonds is 2. The fraction of sp³-hybridized carbons (Fsp3) is 1.00. The molecule has 0 aliphatic carbocycles. The third-order valence-electron chi connectivity index (χ3n) is 2.83. The summed E-state index contributed by atoms with van der Waals surface area (Å²) in [6.07, 6.45) is 3.48. The second-order valence-corrected chi connectivity index (χ2v) is 6.35. The summed E-state index contributed by atoms with van der Waals surface area (Å²) in [5, 5.41) is 0. The monoisotopic (exact) mass is 385 g/mol. The normalized spacial score (nSPS) is 21.4. The summed E-state index contributed by atoms with van der Waals surface area (Å²) in [5.74, 6) is 1.13. The molecular weight excluding hydrogens is 363 g/mol. The van der Waals surface area contributed by atoms with Gasteiger partial charge in [0, 0.05) is 13.1 Å². The first-order valence-corrected chi connectivity index (χ1v) is 7.24. The quantitative estimate of drug-likeness (QED) is 0.686. The van der Waals surface area contributed by atoms with Crippen molar-refractivity contribution in [2.45, 2.75) is 26.7 Å². The molecule has 1 saturated heterocycles. The molecule has 0 radical (unpaired) electrons. The molecule has 1 aliphatic heterocycles. The Balaban J connectivity index is 0. The van der Waals surface area contributed by atoms with Crippen LogP contribution in [0.25, 0.3) is 0 Å². The highest BCUT2D eigenvalue weighted by atomic mass is 127. The van der Waals surface area contributed by atoms with Crippen LogP contribution in [0.5, 0.6) is 0 Å². The minimum Gasteiger partial charge on any atom is -0.214 e. The summed E-state index contributed by atoms with van der Waals surface area (Å²) in [5.41, 5.74) is 0. The molecule has 0 amide bonds. The molecule has 0 N–H and O–H groups in total. The van der Waals surface area contributed by atoms with Gasteiger partial charge in [-0.2, -0.15) is 0 Å². The lowest BCUT2D eigenvalue weighted by Gasteiger charge is -2.32. The Kier molecular flexibility index (Phi) is 11.0. The molecule has 0 unspecified atom stereocenters. The highest BCUT2D eigenvalue weighted by Gasteiger charge is 2.27. The number of hydrogen-bond donors (Lipinski definition) is 0. The summed E-state index contributed by atoms with van der Waals surface area (Å²) >= 11 is 0. The van der Waals surface area contributed by atoms with E-state index in [0.717, 1.165) is 13.0 Å². The number of piperidine rings is 1. The molecule has 0 saturated carbocycles. The average Bonchev–Trinajstić information content (AvgIpc) is 2.18. The predicted octanol–water partition coefficient (Wildman–Crippen LogP) is 2.81. The number of hydrogen-bond acceptors (Lipinski definition) is 2. The minimum atomic E-state index is -2.96. The molecule has 0 aromatic rings. The van der Waals surface area contributed by atoms with Gasteiger partial charge in [-0.3, -0.25) is 0 Å². The molecule has 7 heteroatoms. The van der Waals surface area contributed by atoms with E-state index in [2.05, 4.69) is 13.8 Å². The van der Waals surface area contributed by atoms with E-state index in [-0.39, 0.29) is 24.0 Å². The second-order valence-electron chi connectivity index (χ2n) is 4.37. The van der Waals surface area contributed by atoms with Gasteiger partial charge in [0.05, 0.1) is 6.26 Å². The minimum absolute atomic E-state index is 0. The first-order valence-electron chi connectivity index (χ1n) is 5.40. The molecule has 0 aromatic heterocycles.